The number of hydrogen-bond acceptors (Lipinski definition) is 4. The maximum absolute atomic E-state index is 13.8. The second-order valence-electron chi connectivity index (χ2n) is 7.20. The van der Waals surface area contributed by atoms with Crippen LogP contribution in [0, 0.1) is 11.3 Å². The van der Waals surface area contributed by atoms with Crippen LogP contribution in [0.4, 0.5) is 18.9 Å². The van der Waals surface area contributed by atoms with Gasteiger partial charge in [-0.2, -0.15) is 28.5 Å². The summed E-state index contributed by atoms with van der Waals surface area (Å²) in [6, 6.07) is 21.6. The average molecular weight is 526 g/mol. The normalized spacial score (nSPS) is 14.8. The molecule has 0 saturated heterocycles. The molecular weight excluding hydrogens is 511 g/mol. The number of benzene rings is 3. The summed E-state index contributed by atoms with van der Waals surface area (Å²) in [5.74, 6) is -0.657. The molecule has 1 aliphatic rings. The molecule has 0 saturated carbocycles. The standard InChI is InChI=1S/C25H15BrF3N3O2/c26-19-10-11-22(34-15-17-7-5-4-6-16(17)14-30)18(12-19)13-21-23(25(27,28)29)31-32(24(21)33)20-8-2-1-3-9-20/h1-13H,15H2/b21-13-. The van der Waals surface area contributed by atoms with Gasteiger partial charge in [0.1, 0.15) is 12.4 Å². The average Bonchev–Trinajstić information content (AvgIpc) is 3.16. The molecule has 1 heterocycles. The molecule has 0 unspecified atom stereocenters. The van der Waals surface area contributed by atoms with Crippen molar-refractivity contribution < 1.29 is 22.7 Å². The Morgan fingerprint density at radius 1 is 1.06 bits per heavy atom. The van der Waals surface area contributed by atoms with Gasteiger partial charge in [0.15, 0.2) is 5.71 Å². The summed E-state index contributed by atoms with van der Waals surface area (Å²) in [7, 11) is 0. The summed E-state index contributed by atoms with van der Waals surface area (Å²) >= 11 is 3.31. The van der Waals surface area contributed by atoms with Gasteiger partial charge in [0.2, 0.25) is 0 Å². The van der Waals surface area contributed by atoms with Crippen LogP contribution in [0.2, 0.25) is 0 Å². The first kappa shape index (κ1) is 23.3. The second-order valence-corrected chi connectivity index (χ2v) is 8.11. The van der Waals surface area contributed by atoms with Gasteiger partial charge in [-0.25, -0.2) is 0 Å². The summed E-state index contributed by atoms with van der Waals surface area (Å²) < 4.78 is 47.8. The van der Waals surface area contributed by atoms with E-state index in [1.54, 1.807) is 60.7 Å². The van der Waals surface area contributed by atoms with Gasteiger partial charge in [0, 0.05) is 15.6 Å². The number of hydrogen-bond donors (Lipinski definition) is 0. The Morgan fingerprint density at radius 2 is 1.76 bits per heavy atom. The molecule has 0 bridgehead atoms. The Morgan fingerprint density at radius 3 is 2.47 bits per heavy atom. The van der Waals surface area contributed by atoms with Crippen LogP contribution in [0.5, 0.6) is 5.75 Å². The number of anilines is 1. The first-order valence-electron chi connectivity index (χ1n) is 9.95. The van der Waals surface area contributed by atoms with Crippen molar-refractivity contribution in [2.75, 3.05) is 5.01 Å². The Kier molecular flexibility index (Phi) is 6.52. The fraction of sp³-hybridized carbons (Fsp3) is 0.0800. The van der Waals surface area contributed by atoms with E-state index >= 15 is 0 Å². The topological polar surface area (TPSA) is 65.7 Å². The van der Waals surface area contributed by atoms with Crippen molar-refractivity contribution in [2.45, 2.75) is 12.8 Å². The van der Waals surface area contributed by atoms with E-state index in [9.17, 15) is 23.2 Å². The lowest BCUT2D eigenvalue weighted by molar-refractivity contribution is -0.114. The quantitative estimate of drug-likeness (QED) is 0.370. The third-order valence-electron chi connectivity index (χ3n) is 4.94. The van der Waals surface area contributed by atoms with E-state index in [0.717, 1.165) is 11.1 Å². The molecule has 0 atom stereocenters. The van der Waals surface area contributed by atoms with Gasteiger partial charge in [-0.05, 0) is 42.5 Å². The van der Waals surface area contributed by atoms with Gasteiger partial charge in [-0.1, -0.05) is 52.3 Å². The summed E-state index contributed by atoms with van der Waals surface area (Å²) in [6.07, 6.45) is -3.72. The van der Waals surface area contributed by atoms with E-state index in [0.29, 0.717) is 15.6 Å². The van der Waals surface area contributed by atoms with Crippen LogP contribution in [0.25, 0.3) is 6.08 Å². The lowest BCUT2D eigenvalue weighted by Crippen LogP contribution is -2.25. The first-order chi connectivity index (χ1) is 16.3. The van der Waals surface area contributed by atoms with Gasteiger partial charge in [0.25, 0.3) is 5.91 Å². The molecule has 0 N–H and O–H groups in total. The maximum atomic E-state index is 13.8. The minimum absolute atomic E-state index is 0.0197. The highest BCUT2D eigenvalue weighted by molar-refractivity contribution is 9.10. The molecule has 0 radical (unpaired) electrons. The van der Waals surface area contributed by atoms with E-state index in [-0.39, 0.29) is 23.6 Å². The largest absolute Gasteiger partial charge is 0.488 e. The number of carbonyl (C=O) groups excluding carboxylic acids is 1. The second kappa shape index (κ2) is 9.53. The molecule has 0 aliphatic carbocycles. The number of nitriles is 1. The SMILES string of the molecule is N#Cc1ccccc1COc1ccc(Br)cc1/C=C1\C(=O)N(c2ccccc2)N=C1C(F)(F)F. The molecule has 9 heteroatoms. The van der Waals surface area contributed by atoms with Crippen molar-refractivity contribution in [1.29, 1.82) is 5.26 Å². The summed E-state index contributed by atoms with van der Waals surface area (Å²) in [6.45, 7) is 0.0197. The molecule has 1 amide bonds. The van der Waals surface area contributed by atoms with Crippen LogP contribution < -0.4 is 9.75 Å². The zero-order valence-corrected chi connectivity index (χ0v) is 19.0. The first-order valence-corrected chi connectivity index (χ1v) is 10.7. The number of amides is 1. The van der Waals surface area contributed by atoms with E-state index < -0.39 is 23.4 Å². The number of carbonyl (C=O) groups is 1. The van der Waals surface area contributed by atoms with Crippen LogP contribution in [-0.2, 0) is 11.4 Å². The smallest absolute Gasteiger partial charge is 0.435 e. The lowest BCUT2D eigenvalue weighted by atomic mass is 10.0. The van der Waals surface area contributed by atoms with Crippen molar-refractivity contribution in [1.82, 2.24) is 0 Å². The minimum Gasteiger partial charge on any atom is -0.488 e. The third-order valence-corrected chi connectivity index (χ3v) is 5.43. The highest BCUT2D eigenvalue weighted by Gasteiger charge is 2.46. The van der Waals surface area contributed by atoms with Crippen LogP contribution in [-0.4, -0.2) is 17.8 Å². The van der Waals surface area contributed by atoms with E-state index in [1.807, 2.05) is 0 Å². The number of halogens is 4. The van der Waals surface area contributed by atoms with E-state index in [2.05, 4.69) is 27.1 Å². The molecule has 5 nitrogen and oxygen atoms in total. The Bertz CT molecular complexity index is 1350. The van der Waals surface area contributed by atoms with Crippen molar-refractivity contribution in [3.8, 4) is 11.8 Å². The number of nitrogens with zero attached hydrogens (tertiary/aromatic N) is 3. The van der Waals surface area contributed by atoms with Crippen LogP contribution in [0.3, 0.4) is 0 Å². The number of alkyl halides is 3. The number of ether oxygens (including phenoxy) is 1. The van der Waals surface area contributed by atoms with Crippen LogP contribution in [0.1, 0.15) is 16.7 Å². The van der Waals surface area contributed by atoms with E-state index in [1.165, 1.54) is 12.1 Å². The van der Waals surface area contributed by atoms with Crippen molar-refractivity contribution >= 4 is 39.3 Å². The van der Waals surface area contributed by atoms with Crippen molar-refractivity contribution in [3.63, 3.8) is 0 Å². The maximum Gasteiger partial charge on any atom is 0.435 e. The minimum atomic E-state index is -4.84. The fourth-order valence-electron chi connectivity index (χ4n) is 3.33. The van der Waals surface area contributed by atoms with E-state index in [4.69, 9.17) is 4.74 Å². The molecule has 34 heavy (non-hydrogen) atoms. The van der Waals surface area contributed by atoms with Crippen LogP contribution in [0.15, 0.2) is 87.9 Å². The predicted molar refractivity (Wildman–Crippen MR) is 125 cm³/mol. The fourth-order valence-corrected chi connectivity index (χ4v) is 3.71. The predicted octanol–water partition coefficient (Wildman–Crippen LogP) is 6.25. The third kappa shape index (κ3) is 4.87. The molecule has 0 aromatic heterocycles. The van der Waals surface area contributed by atoms with Gasteiger partial charge >= 0.3 is 6.18 Å². The van der Waals surface area contributed by atoms with Crippen molar-refractivity contribution in [2.24, 2.45) is 5.10 Å². The molecule has 0 fully saturated rings. The van der Waals surface area contributed by atoms with Gasteiger partial charge in [0.05, 0.1) is 22.9 Å². The number of para-hydroxylation sites is 1. The molecule has 4 rings (SSSR count). The Balaban J connectivity index is 1.72. The Labute approximate surface area is 201 Å². The molecule has 1 aliphatic heterocycles. The Hall–Kier alpha value is -3.90. The van der Waals surface area contributed by atoms with Gasteiger partial charge in [-0.15, -0.1) is 0 Å². The summed E-state index contributed by atoms with van der Waals surface area (Å²) in [4.78, 5) is 13.0. The highest BCUT2D eigenvalue weighted by Crippen LogP contribution is 2.34. The lowest BCUT2D eigenvalue weighted by Gasteiger charge is -2.13. The molecule has 0 spiro atoms. The molecule has 170 valence electrons. The zero-order valence-electron chi connectivity index (χ0n) is 17.4. The number of rotatable bonds is 5. The monoisotopic (exact) mass is 525 g/mol. The molecule has 3 aromatic rings. The zero-order chi connectivity index (χ0) is 24.3. The van der Waals surface area contributed by atoms with Gasteiger partial charge in [-0.3, -0.25) is 4.79 Å². The number of hydrazone groups is 1. The van der Waals surface area contributed by atoms with Gasteiger partial charge < -0.3 is 4.74 Å². The summed E-state index contributed by atoms with van der Waals surface area (Å²) in [5.41, 5.74) is -0.374. The van der Waals surface area contributed by atoms with Crippen molar-refractivity contribution in [3.05, 3.63) is 99.5 Å². The van der Waals surface area contributed by atoms with Crippen LogP contribution >= 0.6 is 15.9 Å². The molecular formula is C25H15BrF3N3O2. The highest BCUT2D eigenvalue weighted by atomic mass is 79.9. The molecule has 3 aromatic carbocycles. The summed E-state index contributed by atoms with van der Waals surface area (Å²) in [5, 5.41) is 13.6.